The minimum absolute atomic E-state index is 0.721. The van der Waals surface area contributed by atoms with E-state index in [4.69, 9.17) is 0 Å². The lowest BCUT2D eigenvalue weighted by molar-refractivity contribution is 0.405. The van der Waals surface area contributed by atoms with Crippen LogP contribution in [0.25, 0.3) is 0 Å². The third-order valence-corrected chi connectivity index (χ3v) is 5.30. The number of rotatable bonds is 8. The molecule has 0 aliphatic rings. The van der Waals surface area contributed by atoms with Crippen LogP contribution in [0.3, 0.4) is 0 Å². The zero-order valence-corrected chi connectivity index (χ0v) is 13.6. The van der Waals surface area contributed by atoms with Gasteiger partial charge >= 0.3 is 0 Å². The van der Waals surface area contributed by atoms with E-state index >= 15 is 0 Å². The van der Waals surface area contributed by atoms with E-state index in [1.165, 1.54) is 32.1 Å². The fraction of sp³-hybridized carbons (Fsp3) is 0.765. The molecule has 0 aliphatic carbocycles. The molecule has 1 heterocycles. The lowest BCUT2D eigenvalue weighted by Crippen LogP contribution is -2.08. The van der Waals surface area contributed by atoms with Crippen molar-refractivity contribution in [2.45, 2.75) is 78.6 Å². The van der Waals surface area contributed by atoms with Crippen LogP contribution < -0.4 is 0 Å². The van der Waals surface area contributed by atoms with Crippen LogP contribution in [0.15, 0.2) is 11.4 Å². The summed E-state index contributed by atoms with van der Waals surface area (Å²) in [6, 6.07) is 2.49. The fourth-order valence-corrected chi connectivity index (χ4v) is 4.03. The Labute approximate surface area is 118 Å². The first-order valence-electron chi connectivity index (χ1n) is 7.72. The maximum atomic E-state index is 2.49. The first-order valence-corrected chi connectivity index (χ1v) is 8.60. The van der Waals surface area contributed by atoms with Gasteiger partial charge in [0.05, 0.1) is 0 Å². The van der Waals surface area contributed by atoms with Crippen molar-refractivity contribution in [1.29, 1.82) is 0 Å². The molecule has 3 atom stereocenters. The molecule has 1 aromatic heterocycles. The molecule has 0 aliphatic heterocycles. The van der Waals surface area contributed by atoms with Crippen molar-refractivity contribution in [3.8, 4) is 0 Å². The zero-order valence-electron chi connectivity index (χ0n) is 12.8. The summed E-state index contributed by atoms with van der Waals surface area (Å²) >= 11 is 2.00. The highest BCUT2D eigenvalue weighted by Crippen LogP contribution is 2.37. The van der Waals surface area contributed by atoms with Gasteiger partial charge in [-0.25, -0.2) is 0 Å². The molecule has 0 spiro atoms. The van der Waals surface area contributed by atoms with E-state index in [1.807, 2.05) is 11.3 Å². The molecule has 1 aromatic rings. The van der Waals surface area contributed by atoms with Gasteiger partial charge in [0.15, 0.2) is 0 Å². The predicted octanol–water partition coefficient (Wildman–Crippen LogP) is 6.58. The zero-order chi connectivity index (χ0) is 13.5. The van der Waals surface area contributed by atoms with Gasteiger partial charge in [0.25, 0.3) is 0 Å². The molecule has 0 bridgehead atoms. The summed E-state index contributed by atoms with van der Waals surface area (Å²) in [6.07, 6.45) is 6.57. The summed E-state index contributed by atoms with van der Waals surface area (Å²) in [7, 11) is 0. The fourth-order valence-electron chi connectivity index (χ4n) is 2.73. The van der Waals surface area contributed by atoms with Gasteiger partial charge in [-0.2, -0.15) is 0 Å². The Morgan fingerprint density at radius 1 is 1.06 bits per heavy atom. The van der Waals surface area contributed by atoms with E-state index in [9.17, 15) is 0 Å². The maximum absolute atomic E-state index is 2.49. The minimum Gasteiger partial charge on any atom is -0.148 e. The van der Waals surface area contributed by atoms with E-state index in [0.717, 1.165) is 17.8 Å². The predicted molar refractivity (Wildman–Crippen MR) is 84.7 cm³/mol. The van der Waals surface area contributed by atoms with E-state index < -0.39 is 0 Å². The Morgan fingerprint density at radius 3 is 2.28 bits per heavy atom. The Hall–Kier alpha value is -0.300. The first kappa shape index (κ1) is 15.8. The smallest absolute Gasteiger partial charge is 0.00817 e. The van der Waals surface area contributed by atoms with Crippen molar-refractivity contribution in [3.05, 3.63) is 21.9 Å². The van der Waals surface area contributed by atoms with Crippen LogP contribution in [0.2, 0.25) is 0 Å². The van der Waals surface area contributed by atoms with Crippen molar-refractivity contribution in [1.82, 2.24) is 0 Å². The molecule has 0 radical (unpaired) electrons. The Morgan fingerprint density at radius 2 is 1.72 bits per heavy atom. The summed E-state index contributed by atoms with van der Waals surface area (Å²) in [6.45, 7) is 11.7. The summed E-state index contributed by atoms with van der Waals surface area (Å²) < 4.78 is 0. The van der Waals surface area contributed by atoms with Crippen molar-refractivity contribution >= 4 is 11.3 Å². The average Bonchev–Trinajstić information content (AvgIpc) is 2.84. The van der Waals surface area contributed by atoms with Crippen LogP contribution in [-0.4, -0.2) is 0 Å². The third-order valence-electron chi connectivity index (χ3n) is 4.22. The van der Waals surface area contributed by atoms with Gasteiger partial charge in [-0.05, 0) is 47.6 Å². The molecule has 0 saturated carbocycles. The molecule has 1 rings (SSSR count). The van der Waals surface area contributed by atoms with Crippen molar-refractivity contribution in [3.63, 3.8) is 0 Å². The number of thiophene rings is 1. The number of hydrogen-bond acceptors (Lipinski definition) is 1. The van der Waals surface area contributed by atoms with E-state index in [0.29, 0.717) is 0 Å². The standard InChI is InChI=1S/C17H30S/c1-6-9-14(5)16(10-7-2)17-11-15(12-18-17)13(4)8-3/h11-14,16H,6-10H2,1-5H3. The quantitative estimate of drug-likeness (QED) is 0.498. The Bertz CT molecular complexity index is 326. The summed E-state index contributed by atoms with van der Waals surface area (Å²) in [5.41, 5.74) is 1.56. The first-order chi connectivity index (χ1) is 8.63. The van der Waals surface area contributed by atoms with Gasteiger partial charge in [-0.15, -0.1) is 11.3 Å². The van der Waals surface area contributed by atoms with E-state index in [-0.39, 0.29) is 0 Å². The van der Waals surface area contributed by atoms with Gasteiger partial charge in [-0.3, -0.25) is 0 Å². The maximum Gasteiger partial charge on any atom is 0.00817 e. The average molecular weight is 266 g/mol. The van der Waals surface area contributed by atoms with Gasteiger partial charge < -0.3 is 0 Å². The second-order valence-corrected chi connectivity index (χ2v) is 6.70. The van der Waals surface area contributed by atoms with E-state index in [1.54, 1.807) is 10.4 Å². The third kappa shape index (κ3) is 4.12. The molecule has 0 nitrogen and oxygen atoms in total. The van der Waals surface area contributed by atoms with Crippen LogP contribution in [0.4, 0.5) is 0 Å². The van der Waals surface area contributed by atoms with Gasteiger partial charge in [0.2, 0.25) is 0 Å². The second kappa shape index (κ2) is 7.99. The summed E-state index contributed by atoms with van der Waals surface area (Å²) in [5.74, 6) is 2.34. The molecular weight excluding hydrogens is 236 g/mol. The number of hydrogen-bond donors (Lipinski definition) is 0. The van der Waals surface area contributed by atoms with Crippen molar-refractivity contribution in [2.24, 2.45) is 5.92 Å². The van der Waals surface area contributed by atoms with Crippen LogP contribution in [-0.2, 0) is 0 Å². The van der Waals surface area contributed by atoms with Gasteiger partial charge in [0.1, 0.15) is 0 Å². The highest BCUT2D eigenvalue weighted by molar-refractivity contribution is 7.10. The van der Waals surface area contributed by atoms with Crippen LogP contribution in [0.5, 0.6) is 0 Å². The molecule has 0 amide bonds. The molecule has 0 N–H and O–H groups in total. The monoisotopic (exact) mass is 266 g/mol. The van der Waals surface area contributed by atoms with Gasteiger partial charge in [0, 0.05) is 4.88 Å². The summed E-state index contributed by atoms with van der Waals surface area (Å²) in [5, 5.41) is 2.39. The van der Waals surface area contributed by atoms with Gasteiger partial charge in [-0.1, -0.05) is 53.9 Å². The molecule has 18 heavy (non-hydrogen) atoms. The summed E-state index contributed by atoms with van der Waals surface area (Å²) in [4.78, 5) is 1.63. The largest absolute Gasteiger partial charge is 0.148 e. The molecule has 0 saturated heterocycles. The molecule has 104 valence electrons. The molecule has 1 heteroatoms. The van der Waals surface area contributed by atoms with Crippen LogP contribution in [0.1, 0.15) is 89.0 Å². The molecule has 3 unspecified atom stereocenters. The van der Waals surface area contributed by atoms with Crippen molar-refractivity contribution in [2.75, 3.05) is 0 Å². The second-order valence-electron chi connectivity index (χ2n) is 5.75. The lowest BCUT2D eigenvalue weighted by Gasteiger charge is -2.22. The molecular formula is C17H30S. The Kier molecular flexibility index (Phi) is 6.99. The highest BCUT2D eigenvalue weighted by atomic mass is 32.1. The van der Waals surface area contributed by atoms with Crippen LogP contribution in [0, 0.1) is 5.92 Å². The topological polar surface area (TPSA) is 0 Å². The van der Waals surface area contributed by atoms with E-state index in [2.05, 4.69) is 46.1 Å². The molecule has 0 aromatic carbocycles. The lowest BCUT2D eigenvalue weighted by atomic mass is 9.85. The molecule has 0 fully saturated rings. The Balaban J connectivity index is 2.81. The van der Waals surface area contributed by atoms with Crippen molar-refractivity contribution < 1.29 is 0 Å². The minimum atomic E-state index is 0.721. The highest BCUT2D eigenvalue weighted by Gasteiger charge is 2.20. The normalized spacial score (nSPS) is 16.5. The SMILES string of the molecule is CCCC(C)C(CCC)c1cc(C(C)CC)cs1. The van der Waals surface area contributed by atoms with Crippen LogP contribution >= 0.6 is 11.3 Å².